The van der Waals surface area contributed by atoms with E-state index in [9.17, 15) is 19.4 Å². The molecule has 0 bridgehead atoms. The lowest BCUT2D eigenvalue weighted by atomic mass is 10.1. The van der Waals surface area contributed by atoms with Gasteiger partial charge in [-0.2, -0.15) is 4.98 Å². The standard InChI is InChI=1S/C9H10BrFN3O4/c10-9(11)6(16)4(3-15)18-7(9)14-2-1-5(12)13-8(14)17/h1-2,4,6-7,16H,3H2,(H2,12,13,17)/t4-,6-,7-,9+/m1/s1. The summed E-state index contributed by atoms with van der Waals surface area (Å²) in [5, 5.41) is 20.3. The summed E-state index contributed by atoms with van der Waals surface area (Å²) in [5.41, 5.74) is 4.47. The van der Waals surface area contributed by atoms with Gasteiger partial charge in [0.15, 0.2) is 6.23 Å². The molecule has 9 heteroatoms. The zero-order chi connectivity index (χ0) is 13.5. The van der Waals surface area contributed by atoms with Gasteiger partial charge in [-0.25, -0.2) is 14.3 Å². The molecule has 7 nitrogen and oxygen atoms in total. The fourth-order valence-corrected chi connectivity index (χ4v) is 2.33. The number of rotatable bonds is 2. The van der Waals surface area contributed by atoms with Crippen LogP contribution in [0.4, 0.5) is 10.2 Å². The van der Waals surface area contributed by atoms with Gasteiger partial charge in [0.05, 0.1) is 0 Å². The van der Waals surface area contributed by atoms with Gasteiger partial charge in [0.2, 0.25) is 4.58 Å². The Labute approximate surface area is 109 Å². The highest BCUT2D eigenvalue weighted by Crippen LogP contribution is 2.45. The summed E-state index contributed by atoms with van der Waals surface area (Å²) >= 11 is 2.65. The Bertz CT molecular complexity index is 509. The zero-order valence-electron chi connectivity index (χ0n) is 8.99. The van der Waals surface area contributed by atoms with E-state index in [2.05, 4.69) is 20.9 Å². The number of aliphatic hydroxyl groups is 1. The Balaban J connectivity index is 2.42. The highest BCUT2D eigenvalue weighted by atomic mass is 79.9. The van der Waals surface area contributed by atoms with Crippen LogP contribution < -0.4 is 11.4 Å². The third-order valence-corrected chi connectivity index (χ3v) is 3.51. The van der Waals surface area contributed by atoms with Crippen molar-refractivity contribution in [2.24, 2.45) is 0 Å². The van der Waals surface area contributed by atoms with Crippen LogP contribution in [0.25, 0.3) is 0 Å². The number of hydrogen-bond acceptors (Lipinski definition) is 5. The molecule has 0 saturated carbocycles. The maximum atomic E-state index is 14.3. The van der Waals surface area contributed by atoms with Gasteiger partial charge < -0.3 is 15.6 Å². The van der Waals surface area contributed by atoms with Gasteiger partial charge in [0.25, 0.3) is 0 Å². The average molecular weight is 323 g/mol. The van der Waals surface area contributed by atoms with Crippen LogP contribution in [0.3, 0.4) is 0 Å². The molecule has 1 radical (unpaired) electrons. The largest absolute Gasteiger partial charge is 0.386 e. The van der Waals surface area contributed by atoms with Gasteiger partial charge in [-0.05, 0) is 22.0 Å². The molecule has 0 aliphatic carbocycles. The van der Waals surface area contributed by atoms with E-state index in [-0.39, 0.29) is 5.82 Å². The van der Waals surface area contributed by atoms with Crippen LogP contribution in [-0.4, -0.2) is 38.1 Å². The second-order valence-electron chi connectivity index (χ2n) is 3.86. The molecule has 99 valence electrons. The van der Waals surface area contributed by atoms with E-state index in [4.69, 9.17) is 10.5 Å². The molecular weight excluding hydrogens is 313 g/mol. The molecule has 0 aromatic carbocycles. The van der Waals surface area contributed by atoms with Crippen molar-refractivity contribution in [2.75, 3.05) is 12.3 Å². The van der Waals surface area contributed by atoms with Gasteiger partial charge in [-0.3, -0.25) is 4.57 Å². The monoisotopic (exact) mass is 322 g/mol. The van der Waals surface area contributed by atoms with Crippen molar-refractivity contribution in [3.63, 3.8) is 0 Å². The van der Waals surface area contributed by atoms with Gasteiger partial charge in [0, 0.05) is 6.20 Å². The first kappa shape index (κ1) is 13.4. The third-order valence-electron chi connectivity index (χ3n) is 2.65. The molecule has 1 aliphatic heterocycles. The van der Waals surface area contributed by atoms with Crippen LogP contribution in [0.1, 0.15) is 6.23 Å². The van der Waals surface area contributed by atoms with Crippen molar-refractivity contribution >= 4 is 21.7 Å². The van der Waals surface area contributed by atoms with Crippen molar-refractivity contribution < 1.29 is 19.3 Å². The second-order valence-corrected chi connectivity index (χ2v) is 5.07. The molecule has 3 N–H and O–H groups in total. The molecule has 0 spiro atoms. The Morgan fingerprint density at radius 2 is 2.39 bits per heavy atom. The molecule has 2 heterocycles. The molecule has 1 aromatic rings. The normalized spacial score (nSPS) is 35.9. The average Bonchev–Trinajstić information content (AvgIpc) is 2.52. The molecule has 0 unspecified atom stereocenters. The lowest BCUT2D eigenvalue weighted by molar-refractivity contribution is -0.0629. The summed E-state index contributed by atoms with van der Waals surface area (Å²) in [6, 6.07) is 1.28. The molecule has 4 atom stereocenters. The summed E-state index contributed by atoms with van der Waals surface area (Å²) in [6.07, 6.45) is -3.22. The zero-order valence-corrected chi connectivity index (χ0v) is 10.6. The minimum Gasteiger partial charge on any atom is -0.386 e. The highest BCUT2D eigenvalue weighted by molar-refractivity contribution is 9.10. The summed E-state index contributed by atoms with van der Waals surface area (Å²) in [4.78, 5) is 15.0. The maximum absolute atomic E-state index is 14.3. The number of nitrogens with zero attached hydrogens (tertiary/aromatic N) is 2. The summed E-state index contributed by atoms with van der Waals surface area (Å²) < 4.78 is 17.7. The second kappa shape index (κ2) is 4.57. The van der Waals surface area contributed by atoms with Crippen LogP contribution in [0.15, 0.2) is 17.1 Å². The summed E-state index contributed by atoms with van der Waals surface area (Å²) in [6.45, 7) is -0.827. The van der Waals surface area contributed by atoms with Gasteiger partial charge in [0.1, 0.15) is 24.6 Å². The van der Waals surface area contributed by atoms with E-state index in [1.807, 2.05) is 0 Å². The minimum absolute atomic E-state index is 0.0193. The number of alkyl halides is 2. The lowest BCUT2D eigenvalue weighted by Crippen LogP contribution is -2.40. The smallest absolute Gasteiger partial charge is 0.351 e. The number of nitrogens with two attached hydrogens (primary N) is 1. The first-order chi connectivity index (χ1) is 8.37. The number of halogens is 2. The fraction of sp³-hybridized carbons (Fsp3) is 0.556. The SMILES string of the molecule is Nc1ccn([C@@H]2O[C@H](C[O])[C@@H](O)[C@@]2(F)Br)c(=O)n1. The third kappa shape index (κ3) is 2.03. The van der Waals surface area contributed by atoms with Crippen molar-refractivity contribution in [3.05, 3.63) is 22.7 Å². The number of ether oxygens (including phenoxy) is 1. The number of aliphatic hydroxyl groups excluding tert-OH is 1. The first-order valence-electron chi connectivity index (χ1n) is 5.02. The predicted octanol–water partition coefficient (Wildman–Crippen LogP) is -0.425. The van der Waals surface area contributed by atoms with Crippen LogP contribution in [-0.2, 0) is 9.84 Å². The first-order valence-corrected chi connectivity index (χ1v) is 5.81. The van der Waals surface area contributed by atoms with Crippen LogP contribution in [0.2, 0.25) is 0 Å². The summed E-state index contributed by atoms with van der Waals surface area (Å²) in [5.74, 6) is -0.0193. The number of nitrogen functional groups attached to an aromatic ring is 1. The molecule has 1 aromatic heterocycles. The molecule has 2 rings (SSSR count). The van der Waals surface area contributed by atoms with Crippen LogP contribution >= 0.6 is 15.9 Å². The maximum Gasteiger partial charge on any atom is 0.351 e. The van der Waals surface area contributed by atoms with E-state index < -0.39 is 35.3 Å². The molecule has 1 fully saturated rings. The van der Waals surface area contributed by atoms with Gasteiger partial charge in [-0.15, -0.1) is 0 Å². The highest BCUT2D eigenvalue weighted by Gasteiger charge is 2.57. The fourth-order valence-electron chi connectivity index (χ4n) is 1.71. The van der Waals surface area contributed by atoms with Crippen molar-refractivity contribution in [1.82, 2.24) is 9.55 Å². The van der Waals surface area contributed by atoms with Crippen LogP contribution in [0.5, 0.6) is 0 Å². The van der Waals surface area contributed by atoms with E-state index >= 15 is 0 Å². The Hall–Kier alpha value is -1.03. The molecule has 1 saturated heterocycles. The lowest BCUT2D eigenvalue weighted by Gasteiger charge is -2.22. The van der Waals surface area contributed by atoms with E-state index in [1.54, 1.807) is 0 Å². The molecule has 18 heavy (non-hydrogen) atoms. The minimum atomic E-state index is -2.44. The van der Waals surface area contributed by atoms with Crippen molar-refractivity contribution in [2.45, 2.75) is 23.0 Å². The number of anilines is 1. The quantitative estimate of drug-likeness (QED) is 0.718. The van der Waals surface area contributed by atoms with Crippen molar-refractivity contribution in [3.8, 4) is 0 Å². The van der Waals surface area contributed by atoms with E-state index in [0.29, 0.717) is 0 Å². The topological polar surface area (TPSA) is 110 Å². The Morgan fingerprint density at radius 1 is 1.72 bits per heavy atom. The number of hydrogen-bond donors (Lipinski definition) is 2. The van der Waals surface area contributed by atoms with Crippen LogP contribution in [0, 0.1) is 0 Å². The van der Waals surface area contributed by atoms with E-state index in [0.717, 1.165) is 4.57 Å². The Morgan fingerprint density at radius 3 is 2.89 bits per heavy atom. The van der Waals surface area contributed by atoms with Gasteiger partial charge in [-0.1, -0.05) is 0 Å². The molecule has 1 aliphatic rings. The molecular formula is C9H10BrFN3O4. The predicted molar refractivity (Wildman–Crippen MR) is 61.1 cm³/mol. The van der Waals surface area contributed by atoms with Crippen molar-refractivity contribution in [1.29, 1.82) is 0 Å². The summed E-state index contributed by atoms with van der Waals surface area (Å²) in [7, 11) is 0. The number of aromatic nitrogens is 2. The van der Waals surface area contributed by atoms with Gasteiger partial charge >= 0.3 is 5.69 Å². The molecule has 0 amide bonds. The Kier molecular flexibility index (Phi) is 3.41. The van der Waals surface area contributed by atoms with E-state index in [1.165, 1.54) is 12.3 Å².